The average Bonchev–Trinajstić information content (AvgIpc) is 3.05. The molecular weight excluding hydrogens is 364 g/mol. The van der Waals surface area contributed by atoms with E-state index in [4.69, 9.17) is 11.6 Å². The predicted molar refractivity (Wildman–Crippen MR) is 104 cm³/mol. The average molecular weight is 383 g/mol. The van der Waals surface area contributed by atoms with Crippen molar-refractivity contribution < 1.29 is 9.59 Å². The zero-order valence-electron chi connectivity index (χ0n) is 15.1. The Labute approximate surface area is 161 Å². The molecule has 27 heavy (non-hydrogen) atoms. The van der Waals surface area contributed by atoms with Gasteiger partial charge in [-0.25, -0.2) is 4.52 Å². The highest BCUT2D eigenvalue weighted by molar-refractivity contribution is 6.30. The van der Waals surface area contributed by atoms with Crippen LogP contribution in [-0.2, 0) is 11.2 Å². The van der Waals surface area contributed by atoms with Crippen molar-refractivity contribution in [3.8, 4) is 0 Å². The second-order valence-electron chi connectivity index (χ2n) is 6.73. The molecule has 1 N–H and O–H groups in total. The number of benzene rings is 1. The number of nitrogens with zero attached hydrogens (tertiary/aromatic N) is 3. The van der Waals surface area contributed by atoms with Crippen LogP contribution in [0.1, 0.15) is 41.5 Å². The Hall–Kier alpha value is -2.86. The maximum atomic E-state index is 13.1. The van der Waals surface area contributed by atoms with Crippen molar-refractivity contribution >= 4 is 34.6 Å². The van der Waals surface area contributed by atoms with Crippen molar-refractivity contribution in [2.45, 2.75) is 26.3 Å². The number of anilines is 1. The van der Waals surface area contributed by atoms with Gasteiger partial charge in [0.15, 0.2) is 5.69 Å². The van der Waals surface area contributed by atoms with E-state index in [9.17, 15) is 9.59 Å². The molecule has 0 fully saturated rings. The summed E-state index contributed by atoms with van der Waals surface area (Å²) in [5, 5.41) is 7.83. The highest BCUT2D eigenvalue weighted by Crippen LogP contribution is 2.34. The molecule has 7 heteroatoms. The number of hydrogen-bond donors (Lipinski definition) is 1. The van der Waals surface area contributed by atoms with Gasteiger partial charge in [0, 0.05) is 25.4 Å². The van der Waals surface area contributed by atoms with Crippen molar-refractivity contribution in [1.29, 1.82) is 0 Å². The number of carbonyl (C=O) groups excluding carboxylic acids is 2. The molecule has 1 aromatic carbocycles. The number of halogens is 1. The van der Waals surface area contributed by atoms with Crippen LogP contribution in [0.25, 0.3) is 5.52 Å². The molecule has 0 saturated carbocycles. The molecular formula is C20H19ClN4O2. The van der Waals surface area contributed by atoms with Gasteiger partial charge in [0.1, 0.15) is 0 Å². The summed E-state index contributed by atoms with van der Waals surface area (Å²) in [5.41, 5.74) is 4.17. The lowest BCUT2D eigenvalue weighted by molar-refractivity contribution is -0.114. The first-order valence-electron chi connectivity index (χ1n) is 8.79. The van der Waals surface area contributed by atoms with Gasteiger partial charge in [0.25, 0.3) is 5.91 Å². The Morgan fingerprint density at radius 1 is 1.26 bits per heavy atom. The second kappa shape index (κ2) is 6.70. The van der Waals surface area contributed by atoms with Crippen LogP contribution < -0.4 is 5.32 Å². The first-order chi connectivity index (χ1) is 12.9. The fourth-order valence-electron chi connectivity index (χ4n) is 3.67. The topological polar surface area (TPSA) is 66.7 Å². The number of fused-ring (bicyclic) bond motifs is 2. The number of carbonyl (C=O) groups is 2. The molecule has 0 spiro atoms. The largest absolute Gasteiger partial charge is 0.330 e. The molecule has 2 aromatic heterocycles. The minimum absolute atomic E-state index is 0.0991. The van der Waals surface area contributed by atoms with Crippen molar-refractivity contribution in [3.63, 3.8) is 0 Å². The summed E-state index contributed by atoms with van der Waals surface area (Å²) in [5.74, 6) is -0.212. The van der Waals surface area contributed by atoms with Gasteiger partial charge in [-0.15, -0.1) is 0 Å². The molecule has 0 bridgehead atoms. The van der Waals surface area contributed by atoms with E-state index in [1.54, 1.807) is 22.8 Å². The molecule has 1 aliphatic rings. The van der Waals surface area contributed by atoms with E-state index < -0.39 is 0 Å². The summed E-state index contributed by atoms with van der Waals surface area (Å²) in [6, 6.07) is 11.1. The molecule has 1 atom stereocenters. The van der Waals surface area contributed by atoms with Gasteiger partial charge in [0.05, 0.1) is 16.6 Å². The lowest BCUT2D eigenvalue weighted by Gasteiger charge is -2.35. The normalized spacial score (nSPS) is 16.3. The molecule has 3 heterocycles. The Morgan fingerprint density at radius 3 is 2.85 bits per heavy atom. The maximum absolute atomic E-state index is 13.1. The summed E-state index contributed by atoms with van der Waals surface area (Å²) in [7, 11) is 0. The van der Waals surface area contributed by atoms with Gasteiger partial charge in [-0.1, -0.05) is 23.7 Å². The molecule has 2 amide bonds. The minimum atomic E-state index is -0.113. The van der Waals surface area contributed by atoms with Crippen LogP contribution in [0.3, 0.4) is 0 Å². The molecule has 138 valence electrons. The number of aromatic nitrogens is 2. The van der Waals surface area contributed by atoms with E-state index in [1.165, 1.54) is 6.92 Å². The number of hydrogen-bond acceptors (Lipinski definition) is 3. The number of amides is 2. The Balaban J connectivity index is 1.65. The van der Waals surface area contributed by atoms with Crippen molar-refractivity contribution in [2.75, 3.05) is 11.9 Å². The van der Waals surface area contributed by atoms with E-state index in [0.29, 0.717) is 23.7 Å². The molecule has 4 rings (SSSR count). The fraction of sp³-hybridized carbons (Fsp3) is 0.250. The third-order valence-electron chi connectivity index (χ3n) is 4.95. The summed E-state index contributed by atoms with van der Waals surface area (Å²) in [6.45, 7) is 4.06. The summed E-state index contributed by atoms with van der Waals surface area (Å²) in [6.07, 6.45) is 2.36. The SMILES string of the molecule is CC(=O)Nc1cccc2c1CCN(C(=O)c1cc3ccc(Cl)cn3n1)C2C. The zero-order chi connectivity index (χ0) is 19.1. The van der Waals surface area contributed by atoms with E-state index >= 15 is 0 Å². The lowest BCUT2D eigenvalue weighted by atomic mass is 9.91. The highest BCUT2D eigenvalue weighted by atomic mass is 35.5. The Bertz CT molecular complexity index is 1060. The van der Waals surface area contributed by atoms with E-state index in [1.807, 2.05) is 36.1 Å². The van der Waals surface area contributed by atoms with Gasteiger partial charge >= 0.3 is 0 Å². The van der Waals surface area contributed by atoms with Crippen LogP contribution in [0.5, 0.6) is 0 Å². The molecule has 0 aliphatic carbocycles. The molecule has 0 saturated heterocycles. The third-order valence-corrected chi connectivity index (χ3v) is 5.17. The Morgan fingerprint density at radius 2 is 2.07 bits per heavy atom. The zero-order valence-corrected chi connectivity index (χ0v) is 15.8. The van der Waals surface area contributed by atoms with Crippen LogP contribution in [0.2, 0.25) is 5.02 Å². The van der Waals surface area contributed by atoms with Crippen LogP contribution in [0, 0.1) is 0 Å². The standard InChI is InChI=1S/C20H19ClN4O2/c1-12-16-4-3-5-18(22-13(2)26)17(16)8-9-24(12)20(27)19-10-15-7-6-14(21)11-25(15)23-19/h3-7,10-12H,8-9H2,1-2H3,(H,22,26). The molecule has 3 aromatic rings. The molecule has 1 aliphatic heterocycles. The van der Waals surface area contributed by atoms with Crippen molar-refractivity contribution in [3.05, 3.63) is 64.4 Å². The van der Waals surface area contributed by atoms with Gasteiger partial charge in [-0.3, -0.25) is 9.59 Å². The quantitative estimate of drug-likeness (QED) is 0.734. The van der Waals surface area contributed by atoms with Crippen LogP contribution >= 0.6 is 11.6 Å². The van der Waals surface area contributed by atoms with Crippen LogP contribution in [0.4, 0.5) is 5.69 Å². The third kappa shape index (κ3) is 3.17. The highest BCUT2D eigenvalue weighted by Gasteiger charge is 2.30. The molecule has 0 radical (unpaired) electrons. The summed E-state index contributed by atoms with van der Waals surface area (Å²) in [4.78, 5) is 26.4. The van der Waals surface area contributed by atoms with Crippen LogP contribution in [0.15, 0.2) is 42.6 Å². The number of rotatable bonds is 2. The second-order valence-corrected chi connectivity index (χ2v) is 7.16. The van der Waals surface area contributed by atoms with E-state index in [2.05, 4.69) is 10.4 Å². The fourth-order valence-corrected chi connectivity index (χ4v) is 3.82. The first-order valence-corrected chi connectivity index (χ1v) is 9.17. The first kappa shape index (κ1) is 17.5. The van der Waals surface area contributed by atoms with Crippen molar-refractivity contribution in [1.82, 2.24) is 14.5 Å². The van der Waals surface area contributed by atoms with Crippen molar-refractivity contribution in [2.24, 2.45) is 0 Å². The monoisotopic (exact) mass is 382 g/mol. The smallest absolute Gasteiger partial charge is 0.274 e. The predicted octanol–water partition coefficient (Wildman–Crippen LogP) is 3.71. The summed E-state index contributed by atoms with van der Waals surface area (Å²) < 4.78 is 1.62. The Kier molecular flexibility index (Phi) is 4.36. The molecule has 1 unspecified atom stereocenters. The van der Waals surface area contributed by atoms with Gasteiger partial charge in [-0.2, -0.15) is 5.10 Å². The molecule has 6 nitrogen and oxygen atoms in total. The van der Waals surface area contributed by atoms with Gasteiger partial charge in [0.2, 0.25) is 5.91 Å². The summed E-state index contributed by atoms with van der Waals surface area (Å²) >= 11 is 6.00. The van der Waals surface area contributed by atoms with Gasteiger partial charge < -0.3 is 10.2 Å². The van der Waals surface area contributed by atoms with Gasteiger partial charge in [-0.05, 0) is 48.7 Å². The van der Waals surface area contributed by atoms with Crippen LogP contribution in [-0.4, -0.2) is 32.9 Å². The minimum Gasteiger partial charge on any atom is -0.330 e. The van der Waals surface area contributed by atoms with E-state index in [0.717, 1.165) is 22.3 Å². The maximum Gasteiger partial charge on any atom is 0.274 e. The lowest BCUT2D eigenvalue weighted by Crippen LogP contribution is -2.39. The van der Waals surface area contributed by atoms with E-state index in [-0.39, 0.29) is 17.9 Å². The number of pyridine rings is 1. The number of nitrogens with one attached hydrogen (secondary N) is 1.